The van der Waals surface area contributed by atoms with Crippen molar-refractivity contribution >= 4 is 33.6 Å². The fourth-order valence-corrected chi connectivity index (χ4v) is 4.85. The zero-order valence-electron chi connectivity index (χ0n) is 16.8. The molecule has 0 saturated carbocycles. The van der Waals surface area contributed by atoms with Crippen LogP contribution in [0.1, 0.15) is 25.8 Å². The molecule has 1 aliphatic heterocycles. The van der Waals surface area contributed by atoms with Gasteiger partial charge in [0.15, 0.2) is 9.84 Å². The Hall–Kier alpha value is -2.32. The number of halogens is 1. The van der Waals surface area contributed by atoms with E-state index in [2.05, 4.69) is 5.32 Å². The number of carboxylic acid groups (broad SMARTS) is 1. The number of nitrogens with one attached hydrogen (secondary N) is 1. The molecule has 0 bridgehead atoms. The Kier molecular flexibility index (Phi) is 7.36. The molecular formula is C19H24FN3O5S2. The van der Waals surface area contributed by atoms with E-state index in [1.54, 1.807) is 26.0 Å². The molecule has 0 aliphatic carbocycles. The highest BCUT2D eigenvalue weighted by molar-refractivity contribution is 7.99. The summed E-state index contributed by atoms with van der Waals surface area (Å²) in [4.78, 5) is 25.6. The lowest BCUT2D eigenvalue weighted by molar-refractivity contribution is -0.134. The number of rotatable bonds is 7. The van der Waals surface area contributed by atoms with Crippen LogP contribution < -0.4 is 5.32 Å². The SMILES string of the molecule is CC(C)(SCc1ccc(S(C)(=O)=O)cc1)[C@H](NC(=O)O)C(=O)N1C[C@@H](F)C[C@H]1C#N. The standard InChI is InChI=1S/C19H24FN3O5S2/c1-19(2,29-11-12-4-6-15(7-5-12)30(3,27)28)16(22-18(25)26)17(24)23-10-13(20)8-14(23)9-21/h4-7,13-14,16,22H,8,10-11H2,1-3H3,(H,25,26)/t13-,14-,16+/m0/s1. The van der Waals surface area contributed by atoms with E-state index >= 15 is 0 Å². The van der Waals surface area contributed by atoms with Crippen LogP contribution in [0.2, 0.25) is 0 Å². The Bertz CT molecular complexity index is 944. The fourth-order valence-electron chi connectivity index (χ4n) is 3.16. The molecule has 0 unspecified atom stereocenters. The molecule has 11 heteroatoms. The molecule has 2 N–H and O–H groups in total. The number of thioether (sulfide) groups is 1. The highest BCUT2D eigenvalue weighted by Crippen LogP contribution is 2.34. The van der Waals surface area contributed by atoms with Gasteiger partial charge in [0.05, 0.1) is 17.5 Å². The lowest BCUT2D eigenvalue weighted by Crippen LogP contribution is -2.58. The minimum atomic E-state index is -3.31. The van der Waals surface area contributed by atoms with Gasteiger partial charge in [0.2, 0.25) is 5.91 Å². The number of alkyl halides is 1. The molecule has 1 fully saturated rings. The van der Waals surface area contributed by atoms with Crippen LogP contribution >= 0.6 is 11.8 Å². The van der Waals surface area contributed by atoms with E-state index in [4.69, 9.17) is 0 Å². The van der Waals surface area contributed by atoms with Gasteiger partial charge in [-0.25, -0.2) is 17.6 Å². The second-order valence-electron chi connectivity index (χ2n) is 7.66. The lowest BCUT2D eigenvalue weighted by Gasteiger charge is -2.35. The summed E-state index contributed by atoms with van der Waals surface area (Å²) >= 11 is 1.29. The van der Waals surface area contributed by atoms with Crippen LogP contribution in [0.15, 0.2) is 29.2 Å². The van der Waals surface area contributed by atoms with Crippen molar-refractivity contribution in [1.82, 2.24) is 10.2 Å². The van der Waals surface area contributed by atoms with Crippen LogP contribution in [-0.2, 0) is 20.4 Å². The van der Waals surface area contributed by atoms with E-state index in [-0.39, 0.29) is 17.9 Å². The second kappa shape index (κ2) is 9.22. The van der Waals surface area contributed by atoms with Gasteiger partial charge in [0.1, 0.15) is 18.3 Å². The Labute approximate surface area is 179 Å². The summed E-state index contributed by atoms with van der Waals surface area (Å²) in [5.41, 5.74) is 0.793. The molecule has 8 nitrogen and oxygen atoms in total. The number of nitriles is 1. The summed E-state index contributed by atoms with van der Waals surface area (Å²) in [6.45, 7) is 3.12. The van der Waals surface area contributed by atoms with Crippen LogP contribution in [0.4, 0.5) is 9.18 Å². The molecule has 1 saturated heterocycles. The Morgan fingerprint density at radius 3 is 2.50 bits per heavy atom. The van der Waals surface area contributed by atoms with Crippen molar-refractivity contribution in [3.63, 3.8) is 0 Å². The van der Waals surface area contributed by atoms with Gasteiger partial charge >= 0.3 is 6.09 Å². The van der Waals surface area contributed by atoms with Crippen molar-refractivity contribution in [2.24, 2.45) is 0 Å². The molecule has 30 heavy (non-hydrogen) atoms. The van der Waals surface area contributed by atoms with Crippen molar-refractivity contribution in [3.05, 3.63) is 29.8 Å². The topological polar surface area (TPSA) is 128 Å². The third-order valence-corrected chi connectivity index (χ3v) is 7.44. The van der Waals surface area contributed by atoms with Gasteiger partial charge < -0.3 is 15.3 Å². The van der Waals surface area contributed by atoms with E-state index in [1.807, 2.05) is 6.07 Å². The number of amides is 2. The van der Waals surface area contributed by atoms with E-state index in [1.165, 1.54) is 23.9 Å². The van der Waals surface area contributed by atoms with Gasteiger partial charge in [-0.1, -0.05) is 12.1 Å². The minimum absolute atomic E-state index is 0.0950. The highest BCUT2D eigenvalue weighted by Gasteiger charge is 2.44. The molecule has 0 spiro atoms. The first-order valence-electron chi connectivity index (χ1n) is 9.11. The van der Waals surface area contributed by atoms with E-state index in [9.17, 15) is 32.8 Å². The van der Waals surface area contributed by atoms with E-state index in [0.717, 1.165) is 16.7 Å². The van der Waals surface area contributed by atoms with E-state index in [0.29, 0.717) is 5.75 Å². The number of carbonyl (C=O) groups is 2. The van der Waals surface area contributed by atoms with Gasteiger partial charge in [0.25, 0.3) is 0 Å². The van der Waals surface area contributed by atoms with Crippen molar-refractivity contribution in [2.75, 3.05) is 12.8 Å². The first kappa shape index (κ1) is 24.0. The number of sulfone groups is 1. The van der Waals surface area contributed by atoms with Crippen molar-refractivity contribution < 1.29 is 27.5 Å². The predicted octanol–water partition coefficient (Wildman–Crippen LogP) is 2.20. The minimum Gasteiger partial charge on any atom is -0.465 e. The maximum absolute atomic E-state index is 13.7. The van der Waals surface area contributed by atoms with Crippen LogP contribution in [0.25, 0.3) is 0 Å². The van der Waals surface area contributed by atoms with Crippen molar-refractivity contribution in [2.45, 2.75) is 53.9 Å². The summed E-state index contributed by atoms with van der Waals surface area (Å²) in [6.07, 6.45) is -1.71. The first-order chi connectivity index (χ1) is 13.8. The van der Waals surface area contributed by atoms with Crippen molar-refractivity contribution in [1.29, 1.82) is 5.26 Å². The molecule has 1 aliphatic rings. The third kappa shape index (κ3) is 5.86. The molecule has 0 radical (unpaired) electrons. The number of benzene rings is 1. The average molecular weight is 458 g/mol. The molecule has 2 rings (SSSR count). The highest BCUT2D eigenvalue weighted by atomic mass is 32.2. The largest absolute Gasteiger partial charge is 0.465 e. The normalized spacial score (nSPS) is 20.4. The van der Waals surface area contributed by atoms with Crippen molar-refractivity contribution in [3.8, 4) is 6.07 Å². The summed E-state index contributed by atoms with van der Waals surface area (Å²) < 4.78 is 36.0. The number of carbonyl (C=O) groups excluding carboxylic acids is 1. The molecule has 3 atom stereocenters. The van der Waals surface area contributed by atoms with Crippen LogP contribution in [0.5, 0.6) is 0 Å². The molecular weight excluding hydrogens is 433 g/mol. The molecule has 2 amide bonds. The zero-order valence-corrected chi connectivity index (χ0v) is 18.5. The molecule has 1 heterocycles. The maximum atomic E-state index is 13.7. The van der Waals surface area contributed by atoms with Gasteiger partial charge in [-0.2, -0.15) is 5.26 Å². The number of hydrogen-bond donors (Lipinski definition) is 2. The maximum Gasteiger partial charge on any atom is 0.405 e. The summed E-state index contributed by atoms with van der Waals surface area (Å²) in [5.74, 6) is -0.260. The summed E-state index contributed by atoms with van der Waals surface area (Å²) in [5, 5.41) is 20.6. The molecule has 1 aromatic carbocycles. The number of hydrogen-bond acceptors (Lipinski definition) is 6. The lowest BCUT2D eigenvalue weighted by atomic mass is 10.0. The fraction of sp³-hybridized carbons (Fsp3) is 0.526. The first-order valence-corrected chi connectivity index (χ1v) is 12.0. The second-order valence-corrected chi connectivity index (χ2v) is 11.3. The smallest absolute Gasteiger partial charge is 0.405 e. The van der Waals surface area contributed by atoms with Gasteiger partial charge in [-0.05, 0) is 31.5 Å². The van der Waals surface area contributed by atoms with E-state index < -0.39 is 44.8 Å². The number of nitrogens with zero attached hydrogens (tertiary/aromatic N) is 2. The Morgan fingerprint density at radius 2 is 2.00 bits per heavy atom. The van der Waals surface area contributed by atoms with Crippen LogP contribution in [-0.4, -0.2) is 66.2 Å². The third-order valence-electron chi connectivity index (χ3n) is 4.85. The molecule has 0 aromatic heterocycles. The summed E-state index contributed by atoms with van der Waals surface area (Å²) in [6, 6.07) is 6.04. The zero-order chi connectivity index (χ0) is 22.7. The monoisotopic (exact) mass is 457 g/mol. The number of likely N-dealkylation sites (tertiary alicyclic amines) is 1. The average Bonchev–Trinajstić information content (AvgIpc) is 3.04. The Morgan fingerprint density at radius 1 is 1.40 bits per heavy atom. The summed E-state index contributed by atoms with van der Waals surface area (Å²) in [7, 11) is -3.31. The van der Waals surface area contributed by atoms with Crippen LogP contribution in [0, 0.1) is 11.3 Å². The quantitative estimate of drug-likeness (QED) is 0.642. The predicted molar refractivity (Wildman–Crippen MR) is 111 cm³/mol. The molecule has 1 aromatic rings. The van der Waals surface area contributed by atoms with Gasteiger partial charge in [0, 0.05) is 23.2 Å². The van der Waals surface area contributed by atoms with Gasteiger partial charge in [-0.15, -0.1) is 11.8 Å². The van der Waals surface area contributed by atoms with Gasteiger partial charge in [-0.3, -0.25) is 4.79 Å². The Balaban J connectivity index is 2.18. The van der Waals surface area contributed by atoms with Crippen LogP contribution in [0.3, 0.4) is 0 Å². The molecule has 164 valence electrons.